The number of halogens is 2. The van der Waals surface area contributed by atoms with Crippen LogP contribution in [0.3, 0.4) is 0 Å². The molecule has 3 aromatic rings. The molecule has 1 unspecified atom stereocenters. The summed E-state index contributed by atoms with van der Waals surface area (Å²) in [6.45, 7) is 0. The summed E-state index contributed by atoms with van der Waals surface area (Å²) in [5.74, 6) is -2.72. The summed E-state index contributed by atoms with van der Waals surface area (Å²) in [6.07, 6.45) is 1.07. The van der Waals surface area contributed by atoms with Crippen LogP contribution in [0.2, 0.25) is 5.02 Å². The highest BCUT2D eigenvalue weighted by atomic mass is 35.5. The number of H-pyrrole nitrogens is 1. The number of nitrogens with zero attached hydrogens (tertiary/aromatic N) is 2. The van der Waals surface area contributed by atoms with Crippen LogP contribution in [0.5, 0.6) is 0 Å². The second kappa shape index (κ2) is 6.86. The van der Waals surface area contributed by atoms with Crippen molar-refractivity contribution in [1.82, 2.24) is 15.0 Å². The van der Waals surface area contributed by atoms with Crippen LogP contribution in [0.25, 0.3) is 11.0 Å². The molecule has 0 bridgehead atoms. The fourth-order valence-corrected chi connectivity index (χ4v) is 2.55. The number of hydrogen-bond acceptors (Lipinski definition) is 6. The Bertz CT molecular complexity index is 939. The van der Waals surface area contributed by atoms with Crippen LogP contribution >= 0.6 is 11.6 Å². The molecule has 7 nitrogen and oxygen atoms in total. The SMILES string of the molecule is COC(=O)C(OC(=O)c1ncnc2[nH]ccc12)c1c(F)cccc1Cl. The van der Waals surface area contributed by atoms with Crippen LogP contribution in [0.4, 0.5) is 4.39 Å². The average Bonchev–Trinajstić information content (AvgIpc) is 3.08. The number of carbonyl (C=O) groups is 2. The van der Waals surface area contributed by atoms with Crippen molar-refractivity contribution in [2.75, 3.05) is 7.11 Å². The molecular formula is C16H11ClFN3O4. The lowest BCUT2D eigenvalue weighted by Crippen LogP contribution is -2.23. The molecule has 0 spiro atoms. The third-order valence-corrected chi connectivity index (χ3v) is 3.78. The minimum absolute atomic E-state index is 0.0716. The van der Waals surface area contributed by atoms with Crippen molar-refractivity contribution in [2.45, 2.75) is 6.10 Å². The van der Waals surface area contributed by atoms with E-state index in [9.17, 15) is 14.0 Å². The van der Waals surface area contributed by atoms with Gasteiger partial charge in [0.25, 0.3) is 0 Å². The molecule has 2 aromatic heterocycles. The summed E-state index contributed by atoms with van der Waals surface area (Å²) in [7, 11) is 1.09. The fourth-order valence-electron chi connectivity index (χ4n) is 2.29. The zero-order valence-electron chi connectivity index (χ0n) is 12.8. The predicted molar refractivity (Wildman–Crippen MR) is 85.5 cm³/mol. The van der Waals surface area contributed by atoms with Gasteiger partial charge in [-0.05, 0) is 18.2 Å². The smallest absolute Gasteiger partial charge is 0.358 e. The van der Waals surface area contributed by atoms with Gasteiger partial charge in [-0.1, -0.05) is 17.7 Å². The Hall–Kier alpha value is -3.00. The second-order valence-corrected chi connectivity index (χ2v) is 5.31. The molecule has 3 rings (SSSR count). The zero-order chi connectivity index (χ0) is 18.0. The highest BCUT2D eigenvalue weighted by Crippen LogP contribution is 2.30. The lowest BCUT2D eigenvalue weighted by Gasteiger charge is -2.17. The summed E-state index contributed by atoms with van der Waals surface area (Å²) in [6, 6.07) is 5.42. The Kier molecular flexibility index (Phi) is 4.62. The third kappa shape index (κ3) is 3.16. The van der Waals surface area contributed by atoms with E-state index in [1.54, 1.807) is 12.3 Å². The van der Waals surface area contributed by atoms with Crippen molar-refractivity contribution >= 4 is 34.6 Å². The number of ether oxygens (including phenoxy) is 2. The normalized spacial score (nSPS) is 12.0. The predicted octanol–water partition coefficient (Wildman–Crippen LogP) is 2.82. The standard InChI is InChI=1S/C16H11ClFN3O4/c1-24-16(23)13(11-9(17)3-2-4-10(11)18)25-15(22)12-8-5-6-19-14(8)21-7-20-12/h2-7,13H,1H3,(H,19,20,21). The third-order valence-electron chi connectivity index (χ3n) is 3.45. The van der Waals surface area contributed by atoms with Crippen LogP contribution in [-0.2, 0) is 14.3 Å². The molecular weight excluding hydrogens is 353 g/mol. The van der Waals surface area contributed by atoms with Gasteiger partial charge in [0.2, 0.25) is 6.10 Å². The molecule has 1 atom stereocenters. The number of hydrogen-bond donors (Lipinski definition) is 1. The van der Waals surface area contributed by atoms with Crippen molar-refractivity contribution in [3.63, 3.8) is 0 Å². The molecule has 0 radical (unpaired) electrons. The van der Waals surface area contributed by atoms with Crippen LogP contribution < -0.4 is 0 Å². The molecule has 0 aliphatic carbocycles. The lowest BCUT2D eigenvalue weighted by atomic mass is 10.1. The van der Waals surface area contributed by atoms with Gasteiger partial charge in [-0.2, -0.15) is 0 Å². The van der Waals surface area contributed by atoms with E-state index in [4.69, 9.17) is 16.3 Å². The van der Waals surface area contributed by atoms with Gasteiger partial charge in [-0.3, -0.25) is 0 Å². The topological polar surface area (TPSA) is 94.2 Å². The number of rotatable bonds is 4. The van der Waals surface area contributed by atoms with E-state index in [1.807, 2.05) is 0 Å². The molecule has 1 N–H and O–H groups in total. The molecule has 0 aliphatic heterocycles. The van der Waals surface area contributed by atoms with E-state index in [1.165, 1.54) is 18.5 Å². The monoisotopic (exact) mass is 363 g/mol. The van der Waals surface area contributed by atoms with Gasteiger partial charge < -0.3 is 14.5 Å². The van der Waals surface area contributed by atoms with Gasteiger partial charge in [0.1, 0.15) is 17.8 Å². The molecule has 1 aromatic carbocycles. The first-order chi connectivity index (χ1) is 12.0. The van der Waals surface area contributed by atoms with E-state index >= 15 is 0 Å². The molecule has 9 heteroatoms. The number of benzene rings is 1. The Labute approximate surface area is 145 Å². The van der Waals surface area contributed by atoms with Gasteiger partial charge >= 0.3 is 11.9 Å². The van der Waals surface area contributed by atoms with Crippen LogP contribution in [0.1, 0.15) is 22.2 Å². The van der Waals surface area contributed by atoms with Crippen LogP contribution in [0.15, 0.2) is 36.8 Å². The van der Waals surface area contributed by atoms with Gasteiger partial charge in [0.05, 0.1) is 23.1 Å². The van der Waals surface area contributed by atoms with E-state index in [2.05, 4.69) is 19.7 Å². The minimum atomic E-state index is -1.67. The van der Waals surface area contributed by atoms with E-state index in [-0.39, 0.29) is 16.3 Å². The number of fused-ring (bicyclic) bond motifs is 1. The molecule has 0 saturated heterocycles. The molecule has 0 aliphatic rings. The second-order valence-electron chi connectivity index (χ2n) is 4.91. The average molecular weight is 364 g/mol. The van der Waals surface area contributed by atoms with E-state index in [0.717, 1.165) is 13.2 Å². The number of carbonyl (C=O) groups excluding carboxylic acids is 2. The Balaban J connectivity index is 2.00. The van der Waals surface area contributed by atoms with Crippen LogP contribution in [-0.4, -0.2) is 34.0 Å². The molecule has 128 valence electrons. The first-order valence-electron chi connectivity index (χ1n) is 7.03. The highest BCUT2D eigenvalue weighted by molar-refractivity contribution is 6.31. The maximum atomic E-state index is 14.1. The van der Waals surface area contributed by atoms with Gasteiger partial charge in [0.15, 0.2) is 5.69 Å². The Morgan fingerprint density at radius 3 is 2.80 bits per heavy atom. The van der Waals surface area contributed by atoms with Gasteiger partial charge in [-0.15, -0.1) is 0 Å². The largest absolute Gasteiger partial charge is 0.466 e. The Morgan fingerprint density at radius 2 is 2.08 bits per heavy atom. The lowest BCUT2D eigenvalue weighted by molar-refractivity contribution is -0.151. The maximum Gasteiger partial charge on any atom is 0.358 e. The number of methoxy groups -OCH3 is 1. The van der Waals surface area contributed by atoms with Gasteiger partial charge in [0, 0.05) is 6.20 Å². The number of aromatic amines is 1. The Morgan fingerprint density at radius 1 is 1.28 bits per heavy atom. The maximum absolute atomic E-state index is 14.1. The van der Waals surface area contributed by atoms with Crippen molar-refractivity contribution in [1.29, 1.82) is 0 Å². The molecule has 0 amide bonds. The summed E-state index contributed by atoms with van der Waals surface area (Å²) in [5, 5.41) is 0.327. The summed E-state index contributed by atoms with van der Waals surface area (Å²) in [4.78, 5) is 35.2. The van der Waals surface area contributed by atoms with Crippen LogP contribution in [0, 0.1) is 5.82 Å². The van der Waals surface area contributed by atoms with Crippen molar-refractivity contribution in [2.24, 2.45) is 0 Å². The zero-order valence-corrected chi connectivity index (χ0v) is 13.6. The summed E-state index contributed by atoms with van der Waals surface area (Å²) >= 11 is 5.96. The first-order valence-corrected chi connectivity index (χ1v) is 7.41. The number of aromatic nitrogens is 3. The van der Waals surface area contributed by atoms with Crippen molar-refractivity contribution in [3.05, 3.63) is 58.9 Å². The molecule has 25 heavy (non-hydrogen) atoms. The molecule has 2 heterocycles. The number of nitrogens with one attached hydrogen (secondary N) is 1. The van der Waals surface area contributed by atoms with E-state index < -0.39 is 23.9 Å². The first kappa shape index (κ1) is 16.8. The minimum Gasteiger partial charge on any atom is -0.466 e. The summed E-state index contributed by atoms with van der Waals surface area (Å²) in [5.41, 5.74) is 0.0526. The highest BCUT2D eigenvalue weighted by Gasteiger charge is 2.32. The number of esters is 2. The fraction of sp³-hybridized carbons (Fsp3) is 0.125. The van der Waals surface area contributed by atoms with Gasteiger partial charge in [-0.25, -0.2) is 23.9 Å². The van der Waals surface area contributed by atoms with E-state index in [0.29, 0.717) is 11.0 Å². The quantitative estimate of drug-likeness (QED) is 0.716. The summed E-state index contributed by atoms with van der Waals surface area (Å²) < 4.78 is 23.9. The van der Waals surface area contributed by atoms with Crippen molar-refractivity contribution < 1.29 is 23.5 Å². The molecule has 0 fully saturated rings. The van der Waals surface area contributed by atoms with Crippen molar-refractivity contribution in [3.8, 4) is 0 Å². The molecule has 0 saturated carbocycles.